The van der Waals surface area contributed by atoms with E-state index in [4.69, 9.17) is 6.11 Å². The molecule has 0 unspecified atom stereocenters. The van der Waals surface area contributed by atoms with Crippen LogP contribution < -0.4 is 52.2 Å². The molecule has 7 heteroatoms. The molecule has 0 N–H and O–H groups in total. The van der Waals surface area contributed by atoms with Gasteiger partial charge in [0.15, 0.2) is 0 Å². The molecule has 22 rings (SSSR count). The maximum absolute atomic E-state index is 12.5. The molecule has 0 radical (unpaired) electrons. The van der Waals surface area contributed by atoms with E-state index in [2.05, 4.69) is 37.8 Å². The van der Waals surface area contributed by atoms with E-state index in [1.165, 1.54) is 0 Å². The minimum atomic E-state index is -1.45. The maximum atomic E-state index is 12.5. The summed E-state index contributed by atoms with van der Waals surface area (Å²) in [5, 5.41) is 0.373. The number of aromatic nitrogens is 1. The van der Waals surface area contributed by atoms with Crippen LogP contribution in [-0.4, -0.2) is 18.0 Å². The maximum Gasteiger partial charge on any atom is 0.261 e. The molecular weight excluding hydrogens is 1290 g/mol. The van der Waals surface area contributed by atoms with Crippen LogP contribution in [0, 0.1) is 0 Å². The lowest BCUT2D eigenvalue weighted by Gasteiger charge is -2.49. The predicted molar refractivity (Wildman–Crippen MR) is 451 cm³/mol. The van der Waals surface area contributed by atoms with Crippen LogP contribution in [0.3, 0.4) is 0 Å². The van der Waals surface area contributed by atoms with E-state index in [9.17, 15) is 20.6 Å². The summed E-state index contributed by atoms with van der Waals surface area (Å²) in [6, 6.07) is 76.2. The highest BCUT2D eigenvalue weighted by molar-refractivity contribution is 7.04. The van der Waals surface area contributed by atoms with Gasteiger partial charge in [0, 0.05) is 78.5 Å². The number of rotatable bonds is 10. The van der Waals surface area contributed by atoms with Gasteiger partial charge in [-0.3, -0.25) is 0 Å². The predicted octanol–water partition coefficient (Wildman–Crippen LogP) is 22.6. The summed E-state index contributed by atoms with van der Waals surface area (Å²) in [5.74, 6) is 0.0350. The Kier molecular flexibility index (Phi) is 10.4. The molecule has 0 aliphatic carbocycles. The number of fused-ring (bicyclic) bond motifs is 9. The molecule has 6 heterocycles. The van der Waals surface area contributed by atoms with Crippen molar-refractivity contribution >= 4 is 119 Å². The van der Waals surface area contributed by atoms with Crippen LogP contribution in [0.4, 0.5) is 51.2 Å². The van der Waals surface area contributed by atoms with E-state index in [0.717, 1.165) is 27.8 Å². The van der Waals surface area contributed by atoms with Crippen molar-refractivity contribution < 1.29 is 26.7 Å². The third-order valence-electron chi connectivity index (χ3n) is 21.9. The van der Waals surface area contributed by atoms with Gasteiger partial charge < -0.3 is 24.0 Å². The van der Waals surface area contributed by atoms with Gasteiger partial charge in [0.2, 0.25) is 0 Å². The van der Waals surface area contributed by atoms with E-state index >= 15 is 0 Å². The van der Waals surface area contributed by atoms with Gasteiger partial charge in [-0.05, 0) is 160 Å². The molecule has 5 nitrogen and oxygen atoms in total. The first-order valence-corrected chi connectivity index (χ1v) is 36.1. The summed E-state index contributed by atoms with van der Waals surface area (Å²) >= 11 is 0. The number of para-hydroxylation sites is 4. The van der Waals surface area contributed by atoms with Crippen molar-refractivity contribution in [1.29, 1.82) is 0 Å². The smallest absolute Gasteiger partial charge is 0.261 e. The van der Waals surface area contributed by atoms with Crippen molar-refractivity contribution in [2.45, 2.75) is 26.2 Å². The fourth-order valence-electron chi connectivity index (χ4n) is 17.3. The van der Waals surface area contributed by atoms with Gasteiger partial charge in [0.05, 0.1) is 44.3 Å². The molecule has 17 aromatic rings. The lowest BCUT2D eigenvalue weighted by molar-refractivity contribution is 0.491. The standard InChI is InChI=1S/C100H68B2N4O/c1-100(2,3)72-59-84-91-85(60-72)106(97-76(67-40-20-8-21-41-67)51-31-52-77(97)68-42-22-9-23-43-68)87-62-88-95-99(94(87)101(91)80-55-54-70(63-32-12-4-13-33-63)56-82(80)105(84)96-74(65-36-16-6-17-37-65)49-30-50-75(96)66-38-18-7-19-39-66)107-89-58-71(64-34-14-5-15-35-64)57-83-92(89)102(95)93-86(103(83)73-46-26-11-27-47-73)61-79(69-44-24-10-25-45-69)90-78-48-28-29-53-81(78)104(88)98(90)93/h4-62H,1-3H3/i4D,12D,13D,28D,29D,32D,33D,48D,53D,54D,55D,56D,57D,58D,61D,62D. The SMILES string of the molecule is [2H]c1c([2H])c([2H])c(-c2c([2H])c([2H])c3c(c2[2H])N(c2c(-c4ccccc4)cccc2-c2ccccc2)c2cc(C(C)(C)C)cc4c2B3c2c3c5c(c([2H])c2N4c2c(-c4ccccc4)cccc2-c2ccccc2)-n2c4c([2H])c([2H])c([2H])c([2H])c4c4c(-c6ccccc6)c([2H])c6c(c42)B5c2c(c([2H])c(-c4ccccc4)c([2H])c2N6c2ccccc2)O3)c([2H])c1[2H]. The zero-order valence-electron chi connectivity index (χ0n) is 74.2. The Morgan fingerprint density at radius 2 is 0.794 bits per heavy atom. The quantitative estimate of drug-likeness (QED) is 0.127. The molecule has 0 atom stereocenters. The molecule has 0 amide bonds. The van der Waals surface area contributed by atoms with Crippen LogP contribution in [0.2, 0.25) is 0 Å². The van der Waals surface area contributed by atoms with Crippen LogP contribution in [0.5, 0.6) is 11.5 Å². The molecule has 0 saturated heterocycles. The monoisotopic (exact) mass is 1380 g/mol. The molecule has 0 saturated carbocycles. The molecule has 107 heavy (non-hydrogen) atoms. The number of anilines is 9. The second-order valence-corrected chi connectivity index (χ2v) is 28.8. The van der Waals surface area contributed by atoms with Crippen molar-refractivity contribution in [2.24, 2.45) is 0 Å². The van der Waals surface area contributed by atoms with Gasteiger partial charge in [-0.15, -0.1) is 0 Å². The summed E-state index contributed by atoms with van der Waals surface area (Å²) in [4.78, 5) is 6.00. The molecule has 1 aromatic heterocycles. The molecule has 0 spiro atoms. The van der Waals surface area contributed by atoms with E-state index in [1.807, 2.05) is 259 Å². The average molecular weight is 1380 g/mol. The third kappa shape index (κ3) is 9.14. The van der Waals surface area contributed by atoms with Crippen molar-refractivity contribution in [1.82, 2.24) is 4.57 Å². The van der Waals surface area contributed by atoms with Gasteiger partial charge in [-0.2, -0.15) is 0 Å². The zero-order chi connectivity index (χ0) is 84.7. The second kappa shape index (κ2) is 23.6. The first-order valence-electron chi connectivity index (χ1n) is 44.1. The summed E-state index contributed by atoms with van der Waals surface area (Å²) in [6.45, 7) is 3.62. The number of hydrogen-bond acceptors (Lipinski definition) is 4. The van der Waals surface area contributed by atoms with Crippen LogP contribution in [-0.2, 0) is 5.41 Å². The molecule has 0 fully saturated rings. The summed E-state index contributed by atoms with van der Waals surface area (Å²) in [6.07, 6.45) is 0. The number of ether oxygens (including phenoxy) is 1. The Balaban J connectivity index is 1.02. The highest BCUT2D eigenvalue weighted by Crippen LogP contribution is 2.57. The summed E-state index contributed by atoms with van der Waals surface area (Å²) < 4.78 is 178. The summed E-state index contributed by atoms with van der Waals surface area (Å²) in [5.41, 5.74) is 11.8. The average Bonchev–Trinajstić information content (AvgIpc) is 1.61. The fraction of sp³-hybridized carbons (Fsp3) is 0.0400. The first kappa shape index (κ1) is 47.1. The number of benzene rings is 16. The first-order chi connectivity index (χ1) is 59.5. The minimum absolute atomic E-state index is 0.00213. The second-order valence-electron chi connectivity index (χ2n) is 28.8. The molecule has 5 aliphatic heterocycles. The van der Waals surface area contributed by atoms with Crippen molar-refractivity contribution in [3.05, 3.63) is 363 Å². The van der Waals surface area contributed by atoms with E-state index in [0.29, 0.717) is 94.7 Å². The van der Waals surface area contributed by atoms with Gasteiger partial charge >= 0.3 is 0 Å². The molecule has 5 aliphatic rings. The topological polar surface area (TPSA) is 23.9 Å². The largest absolute Gasteiger partial charge is 0.459 e. The van der Waals surface area contributed by atoms with Crippen LogP contribution in [0.25, 0.3) is 105 Å². The van der Waals surface area contributed by atoms with Gasteiger partial charge in [-0.1, -0.05) is 318 Å². The minimum Gasteiger partial charge on any atom is -0.459 e. The summed E-state index contributed by atoms with van der Waals surface area (Å²) in [7, 11) is 0. The Morgan fingerprint density at radius 3 is 1.35 bits per heavy atom. The Bertz CT molecular complexity index is 7390. The van der Waals surface area contributed by atoms with Gasteiger partial charge in [-0.25, -0.2) is 0 Å². The van der Waals surface area contributed by atoms with E-state index < -0.39 is 102 Å². The van der Waals surface area contributed by atoms with E-state index in [1.54, 1.807) is 4.57 Å². The third-order valence-corrected chi connectivity index (χ3v) is 21.9. The Hall–Kier alpha value is -13.4. The Morgan fingerprint density at radius 1 is 0.327 bits per heavy atom. The van der Waals surface area contributed by atoms with E-state index in [-0.39, 0.29) is 97.0 Å². The van der Waals surface area contributed by atoms with Crippen molar-refractivity contribution in [2.75, 3.05) is 14.7 Å². The molecule has 16 aromatic carbocycles. The van der Waals surface area contributed by atoms with Gasteiger partial charge in [0.25, 0.3) is 13.4 Å². The molecule has 0 bridgehead atoms. The van der Waals surface area contributed by atoms with Crippen molar-refractivity contribution in [3.63, 3.8) is 0 Å². The van der Waals surface area contributed by atoms with Crippen LogP contribution in [0.1, 0.15) is 48.3 Å². The highest BCUT2D eigenvalue weighted by atomic mass is 16.5. The number of hydrogen-bond donors (Lipinski definition) is 0. The molecular formula is C100H68B2N4O. The van der Waals surface area contributed by atoms with Crippen molar-refractivity contribution in [3.8, 4) is 95.1 Å². The fourth-order valence-corrected chi connectivity index (χ4v) is 17.3. The normalized spacial score (nSPS) is 15.3. The van der Waals surface area contributed by atoms with Crippen LogP contribution in [0.15, 0.2) is 358 Å². The highest BCUT2D eigenvalue weighted by Gasteiger charge is 2.54. The zero-order valence-corrected chi connectivity index (χ0v) is 58.2. The van der Waals surface area contributed by atoms with Gasteiger partial charge in [0.1, 0.15) is 11.5 Å². The lowest BCUT2D eigenvalue weighted by Crippen LogP contribution is -2.66. The van der Waals surface area contributed by atoms with Crippen LogP contribution >= 0.6 is 0 Å². The number of nitrogens with zero attached hydrogens (tertiary/aromatic N) is 4. The lowest BCUT2D eigenvalue weighted by atomic mass is 9.29. The Labute approximate surface area is 646 Å². The molecule has 500 valence electrons.